The molecular weight excluding hydrogens is 258 g/mol. The zero-order valence-corrected chi connectivity index (χ0v) is 13.9. The second-order valence-electron chi connectivity index (χ2n) is 9.64. The van der Waals surface area contributed by atoms with E-state index in [2.05, 4.69) is 13.8 Å². The Morgan fingerprint density at radius 1 is 1.05 bits per heavy atom. The Labute approximate surface area is 129 Å². The molecule has 3 N–H and O–H groups in total. The molecular formula is C19H33NO. The van der Waals surface area contributed by atoms with Crippen LogP contribution in [0.4, 0.5) is 0 Å². The molecule has 0 radical (unpaired) electrons. The monoisotopic (exact) mass is 291 g/mol. The summed E-state index contributed by atoms with van der Waals surface area (Å²) in [5, 5.41) is 11.8. The lowest BCUT2D eigenvalue weighted by Gasteiger charge is -2.56. The van der Waals surface area contributed by atoms with Gasteiger partial charge in [-0.05, 0) is 80.5 Å². The molecule has 4 fully saturated rings. The van der Waals surface area contributed by atoms with E-state index in [0.29, 0.717) is 17.9 Å². The van der Waals surface area contributed by atoms with Gasteiger partial charge in [-0.25, -0.2) is 0 Å². The van der Waals surface area contributed by atoms with Gasteiger partial charge in [-0.1, -0.05) is 20.3 Å². The maximum absolute atomic E-state index is 11.8. The minimum atomic E-state index is -0.436. The minimum absolute atomic E-state index is 0.0233. The molecule has 0 amide bonds. The van der Waals surface area contributed by atoms with E-state index in [1.165, 1.54) is 38.5 Å². The van der Waals surface area contributed by atoms with E-state index in [-0.39, 0.29) is 5.41 Å². The van der Waals surface area contributed by atoms with Gasteiger partial charge in [-0.3, -0.25) is 0 Å². The summed E-state index contributed by atoms with van der Waals surface area (Å²) >= 11 is 0. The van der Waals surface area contributed by atoms with Gasteiger partial charge < -0.3 is 10.8 Å². The molecule has 5 unspecified atom stereocenters. The highest BCUT2D eigenvalue weighted by atomic mass is 16.3. The molecule has 4 aliphatic rings. The largest absolute Gasteiger partial charge is 0.389 e. The average Bonchev–Trinajstić information content (AvgIpc) is 3.10. The van der Waals surface area contributed by atoms with Crippen LogP contribution in [0, 0.1) is 34.5 Å². The first-order chi connectivity index (χ1) is 9.91. The molecule has 0 aromatic rings. The van der Waals surface area contributed by atoms with Crippen LogP contribution in [-0.4, -0.2) is 17.3 Å². The summed E-state index contributed by atoms with van der Waals surface area (Å²) in [4.78, 5) is 0. The van der Waals surface area contributed by atoms with E-state index in [0.717, 1.165) is 37.0 Å². The molecule has 0 saturated heterocycles. The fourth-order valence-corrected chi connectivity index (χ4v) is 6.94. The van der Waals surface area contributed by atoms with Crippen LogP contribution in [0.25, 0.3) is 0 Å². The lowest BCUT2D eigenvalue weighted by Crippen LogP contribution is -2.59. The summed E-state index contributed by atoms with van der Waals surface area (Å²) in [5.41, 5.74) is 6.33. The van der Waals surface area contributed by atoms with Crippen molar-refractivity contribution in [1.29, 1.82) is 0 Å². The van der Waals surface area contributed by atoms with Gasteiger partial charge in [0, 0.05) is 12.0 Å². The molecule has 4 aliphatic carbocycles. The minimum Gasteiger partial charge on any atom is -0.389 e. The Balaban J connectivity index is 1.62. The summed E-state index contributed by atoms with van der Waals surface area (Å²) in [5.74, 6) is 3.16. The van der Waals surface area contributed by atoms with Crippen molar-refractivity contribution in [2.45, 2.75) is 77.2 Å². The second kappa shape index (κ2) is 4.47. The van der Waals surface area contributed by atoms with Gasteiger partial charge in [-0.2, -0.15) is 0 Å². The van der Waals surface area contributed by atoms with Crippen LogP contribution in [0.1, 0.15) is 71.6 Å². The topological polar surface area (TPSA) is 46.2 Å². The normalized spacial score (nSPS) is 50.3. The van der Waals surface area contributed by atoms with Crippen LogP contribution in [0.3, 0.4) is 0 Å². The smallest absolute Gasteiger partial charge is 0.0749 e. The molecule has 120 valence electrons. The third kappa shape index (κ3) is 1.84. The molecule has 5 atom stereocenters. The highest BCUT2D eigenvalue weighted by Gasteiger charge is 2.67. The van der Waals surface area contributed by atoms with Crippen LogP contribution in [0.5, 0.6) is 0 Å². The van der Waals surface area contributed by atoms with E-state index in [1.807, 2.05) is 0 Å². The van der Waals surface area contributed by atoms with Crippen molar-refractivity contribution < 1.29 is 5.11 Å². The Kier molecular flexibility index (Phi) is 3.09. The third-order valence-corrected chi connectivity index (χ3v) is 8.36. The van der Waals surface area contributed by atoms with E-state index in [4.69, 9.17) is 5.73 Å². The van der Waals surface area contributed by atoms with Gasteiger partial charge in [0.2, 0.25) is 0 Å². The van der Waals surface area contributed by atoms with Crippen LogP contribution < -0.4 is 5.73 Å². The molecule has 0 spiro atoms. The SMILES string of the molecule is CC1(C)CCC(CN)(C2(O)CC3CC2C2CCCC32)CC1. The first kappa shape index (κ1) is 14.5. The Bertz CT molecular complexity index is 421. The highest BCUT2D eigenvalue weighted by Crippen LogP contribution is 2.68. The quantitative estimate of drug-likeness (QED) is 0.814. The summed E-state index contributed by atoms with van der Waals surface area (Å²) in [6.45, 7) is 5.46. The van der Waals surface area contributed by atoms with Crippen molar-refractivity contribution in [3.05, 3.63) is 0 Å². The molecule has 2 bridgehead atoms. The molecule has 2 heteroatoms. The molecule has 2 nitrogen and oxygen atoms in total. The van der Waals surface area contributed by atoms with E-state index in [9.17, 15) is 5.11 Å². The number of rotatable bonds is 2. The summed E-state index contributed by atoms with van der Waals surface area (Å²) in [6.07, 6.45) is 11.3. The van der Waals surface area contributed by atoms with Crippen LogP contribution in [-0.2, 0) is 0 Å². The van der Waals surface area contributed by atoms with E-state index >= 15 is 0 Å². The van der Waals surface area contributed by atoms with Crippen LogP contribution in [0.2, 0.25) is 0 Å². The average molecular weight is 291 g/mol. The van der Waals surface area contributed by atoms with Crippen molar-refractivity contribution in [2.75, 3.05) is 6.54 Å². The number of hydrogen-bond donors (Lipinski definition) is 2. The second-order valence-corrected chi connectivity index (χ2v) is 9.64. The lowest BCUT2D eigenvalue weighted by atomic mass is 9.53. The third-order valence-electron chi connectivity index (χ3n) is 8.36. The number of nitrogens with two attached hydrogens (primary N) is 1. The summed E-state index contributed by atoms with van der Waals surface area (Å²) in [6, 6.07) is 0. The van der Waals surface area contributed by atoms with Crippen molar-refractivity contribution in [1.82, 2.24) is 0 Å². The number of hydrogen-bond acceptors (Lipinski definition) is 2. The predicted molar refractivity (Wildman–Crippen MR) is 85.7 cm³/mol. The van der Waals surface area contributed by atoms with E-state index in [1.54, 1.807) is 0 Å². The molecule has 0 aromatic heterocycles. The zero-order chi connectivity index (χ0) is 14.9. The van der Waals surface area contributed by atoms with Crippen molar-refractivity contribution in [2.24, 2.45) is 40.2 Å². The fourth-order valence-electron chi connectivity index (χ4n) is 6.94. The van der Waals surface area contributed by atoms with Crippen molar-refractivity contribution >= 4 is 0 Å². The molecule has 4 saturated carbocycles. The van der Waals surface area contributed by atoms with Crippen molar-refractivity contribution in [3.8, 4) is 0 Å². The van der Waals surface area contributed by atoms with E-state index < -0.39 is 5.60 Å². The predicted octanol–water partition coefficient (Wildman–Crippen LogP) is 3.72. The molecule has 0 heterocycles. The first-order valence-corrected chi connectivity index (χ1v) is 9.33. The molecule has 21 heavy (non-hydrogen) atoms. The van der Waals surface area contributed by atoms with Gasteiger partial charge in [0.25, 0.3) is 0 Å². The van der Waals surface area contributed by atoms with Gasteiger partial charge >= 0.3 is 0 Å². The van der Waals surface area contributed by atoms with Crippen LogP contribution >= 0.6 is 0 Å². The van der Waals surface area contributed by atoms with Gasteiger partial charge in [-0.15, -0.1) is 0 Å². The summed E-state index contributed by atoms with van der Waals surface area (Å²) < 4.78 is 0. The Hall–Kier alpha value is -0.0800. The maximum Gasteiger partial charge on any atom is 0.0749 e. The molecule has 0 aromatic carbocycles. The first-order valence-electron chi connectivity index (χ1n) is 9.33. The van der Waals surface area contributed by atoms with Crippen LogP contribution in [0.15, 0.2) is 0 Å². The standard InChI is InChI=1S/C19H33NO/c1-17(2)6-8-18(12-20,9-7-17)19(21)11-13-10-16(19)15-5-3-4-14(13)15/h13-16,21H,3-12,20H2,1-2H3. The Morgan fingerprint density at radius 2 is 1.71 bits per heavy atom. The summed E-state index contributed by atoms with van der Waals surface area (Å²) in [7, 11) is 0. The molecule has 0 aliphatic heterocycles. The fraction of sp³-hybridized carbons (Fsp3) is 1.00. The maximum atomic E-state index is 11.8. The lowest BCUT2D eigenvalue weighted by molar-refractivity contribution is -0.160. The van der Waals surface area contributed by atoms with Crippen molar-refractivity contribution in [3.63, 3.8) is 0 Å². The van der Waals surface area contributed by atoms with Gasteiger partial charge in [0.1, 0.15) is 0 Å². The zero-order valence-electron chi connectivity index (χ0n) is 13.9. The Morgan fingerprint density at radius 3 is 2.38 bits per heavy atom. The molecule has 4 rings (SSSR count). The van der Waals surface area contributed by atoms with Gasteiger partial charge in [0.15, 0.2) is 0 Å². The van der Waals surface area contributed by atoms with Gasteiger partial charge in [0.05, 0.1) is 5.60 Å². The highest BCUT2D eigenvalue weighted by molar-refractivity contribution is 5.17. The number of fused-ring (bicyclic) bond motifs is 5. The number of aliphatic hydroxyl groups is 1.